The van der Waals surface area contributed by atoms with E-state index in [1.807, 2.05) is 25.7 Å². The minimum Gasteiger partial charge on any atom is -0.444 e. The number of carbonyl (C=O) groups excluding carboxylic acids is 1. The molecule has 0 aromatic carbocycles. The van der Waals surface area contributed by atoms with Gasteiger partial charge in [0.1, 0.15) is 5.60 Å². The lowest BCUT2D eigenvalue weighted by Gasteiger charge is -2.45. The van der Waals surface area contributed by atoms with E-state index in [0.717, 1.165) is 19.4 Å². The first-order chi connectivity index (χ1) is 11.1. The Hall–Kier alpha value is -0.850. The van der Waals surface area contributed by atoms with E-state index in [-0.39, 0.29) is 29.6 Å². The molecule has 2 aliphatic rings. The number of likely N-dealkylation sites (tertiary alicyclic amines) is 1. The Morgan fingerprint density at radius 3 is 2.54 bits per heavy atom. The summed E-state index contributed by atoms with van der Waals surface area (Å²) in [5, 5.41) is 12.9. The lowest BCUT2D eigenvalue weighted by molar-refractivity contribution is -0.134. The van der Waals surface area contributed by atoms with Crippen molar-refractivity contribution in [2.24, 2.45) is 10.8 Å². The molecule has 2 aliphatic heterocycles. The monoisotopic (exact) mass is 342 g/mol. The van der Waals surface area contributed by atoms with Crippen molar-refractivity contribution in [2.75, 3.05) is 39.5 Å². The highest BCUT2D eigenvalue weighted by Crippen LogP contribution is 2.33. The van der Waals surface area contributed by atoms with E-state index in [0.29, 0.717) is 26.3 Å². The summed E-state index contributed by atoms with van der Waals surface area (Å²) in [7, 11) is 0. The molecule has 2 heterocycles. The molecule has 0 radical (unpaired) electrons. The molecule has 0 aromatic heterocycles. The van der Waals surface area contributed by atoms with E-state index in [4.69, 9.17) is 9.47 Å². The maximum atomic E-state index is 12.6. The van der Waals surface area contributed by atoms with Crippen molar-refractivity contribution in [2.45, 2.75) is 59.1 Å². The van der Waals surface area contributed by atoms with Crippen LogP contribution in [-0.2, 0) is 9.47 Å². The average Bonchev–Trinajstić information content (AvgIpc) is 2.41. The third-order valence-corrected chi connectivity index (χ3v) is 4.85. The maximum Gasteiger partial charge on any atom is 0.410 e. The second-order valence-electron chi connectivity index (χ2n) is 9.25. The van der Waals surface area contributed by atoms with Crippen LogP contribution in [0.3, 0.4) is 0 Å². The first-order valence-corrected chi connectivity index (χ1v) is 8.95. The van der Waals surface area contributed by atoms with Crippen molar-refractivity contribution < 1.29 is 19.4 Å². The van der Waals surface area contributed by atoms with Gasteiger partial charge in [0, 0.05) is 25.7 Å². The summed E-state index contributed by atoms with van der Waals surface area (Å²) in [5.74, 6) is 0. The van der Waals surface area contributed by atoms with Gasteiger partial charge in [-0.05, 0) is 39.0 Å². The van der Waals surface area contributed by atoms with Gasteiger partial charge in [-0.15, -0.1) is 0 Å². The van der Waals surface area contributed by atoms with Gasteiger partial charge in [0.15, 0.2) is 0 Å². The zero-order valence-corrected chi connectivity index (χ0v) is 15.9. The Balaban J connectivity index is 1.93. The molecule has 6 heteroatoms. The molecule has 0 aliphatic carbocycles. The van der Waals surface area contributed by atoms with Crippen LogP contribution in [0.15, 0.2) is 0 Å². The number of hydrogen-bond acceptors (Lipinski definition) is 5. The van der Waals surface area contributed by atoms with Crippen LogP contribution in [0.1, 0.15) is 47.5 Å². The number of amides is 1. The number of rotatable bonds is 5. The highest BCUT2D eigenvalue weighted by Gasteiger charge is 2.40. The lowest BCUT2D eigenvalue weighted by Crippen LogP contribution is -2.57. The first-order valence-electron chi connectivity index (χ1n) is 8.95. The number of aliphatic hydroxyl groups excluding tert-OH is 1. The van der Waals surface area contributed by atoms with E-state index < -0.39 is 5.60 Å². The molecular weight excluding hydrogens is 308 g/mol. The summed E-state index contributed by atoms with van der Waals surface area (Å²) in [6.07, 6.45) is 1.82. The second kappa shape index (κ2) is 7.18. The Bertz CT molecular complexity index is 435. The molecule has 0 saturated carbocycles. The van der Waals surface area contributed by atoms with Gasteiger partial charge in [-0.3, -0.25) is 0 Å². The van der Waals surface area contributed by atoms with Gasteiger partial charge in [0.05, 0.1) is 25.2 Å². The summed E-state index contributed by atoms with van der Waals surface area (Å²) in [4.78, 5) is 14.5. The molecule has 0 spiro atoms. The Kier molecular flexibility index (Phi) is 5.83. The van der Waals surface area contributed by atoms with Gasteiger partial charge < -0.3 is 24.8 Å². The fraction of sp³-hybridized carbons (Fsp3) is 0.944. The topological polar surface area (TPSA) is 71.0 Å². The Morgan fingerprint density at radius 2 is 2.04 bits per heavy atom. The SMILES string of the molecule is CC1(C)CCC(CNCC2(CO)COC2)N(C(=O)OC(C)(C)C)C1. The van der Waals surface area contributed by atoms with Crippen LogP contribution in [-0.4, -0.2) is 67.2 Å². The number of nitrogens with one attached hydrogen (secondary N) is 1. The predicted molar refractivity (Wildman–Crippen MR) is 93.0 cm³/mol. The molecule has 0 aromatic rings. The highest BCUT2D eigenvalue weighted by atomic mass is 16.6. The molecule has 24 heavy (non-hydrogen) atoms. The maximum absolute atomic E-state index is 12.6. The van der Waals surface area contributed by atoms with Gasteiger partial charge >= 0.3 is 6.09 Å². The minimum absolute atomic E-state index is 0.113. The number of aliphatic hydroxyl groups is 1. The number of nitrogens with zero attached hydrogens (tertiary/aromatic N) is 1. The van der Waals surface area contributed by atoms with E-state index >= 15 is 0 Å². The van der Waals surface area contributed by atoms with Gasteiger partial charge in [-0.1, -0.05) is 13.8 Å². The summed E-state index contributed by atoms with van der Waals surface area (Å²) in [6.45, 7) is 13.6. The van der Waals surface area contributed by atoms with Crippen molar-refractivity contribution in [3.05, 3.63) is 0 Å². The number of ether oxygens (including phenoxy) is 2. The number of carbonyl (C=O) groups is 1. The summed E-state index contributed by atoms with van der Waals surface area (Å²) in [6, 6.07) is 0.129. The molecule has 2 fully saturated rings. The van der Waals surface area contributed by atoms with Gasteiger partial charge in [-0.25, -0.2) is 4.79 Å². The molecule has 1 unspecified atom stereocenters. The van der Waals surface area contributed by atoms with Gasteiger partial charge in [0.25, 0.3) is 0 Å². The molecule has 1 amide bonds. The fourth-order valence-corrected chi connectivity index (χ4v) is 3.27. The third kappa shape index (κ3) is 5.07. The summed E-state index contributed by atoms with van der Waals surface area (Å²) >= 11 is 0. The van der Waals surface area contributed by atoms with Crippen LogP contribution in [0, 0.1) is 10.8 Å². The van der Waals surface area contributed by atoms with Crippen molar-refractivity contribution in [3.63, 3.8) is 0 Å². The molecule has 2 rings (SSSR count). The smallest absolute Gasteiger partial charge is 0.410 e. The molecule has 2 N–H and O–H groups in total. The van der Waals surface area contributed by atoms with Crippen molar-refractivity contribution in [1.82, 2.24) is 10.2 Å². The van der Waals surface area contributed by atoms with Crippen molar-refractivity contribution in [3.8, 4) is 0 Å². The van der Waals surface area contributed by atoms with Crippen LogP contribution >= 0.6 is 0 Å². The molecule has 140 valence electrons. The third-order valence-electron chi connectivity index (χ3n) is 4.85. The lowest BCUT2D eigenvalue weighted by atomic mass is 9.81. The first kappa shape index (κ1) is 19.5. The largest absolute Gasteiger partial charge is 0.444 e. The van der Waals surface area contributed by atoms with E-state index in [9.17, 15) is 9.90 Å². The molecular formula is C18H34N2O4. The van der Waals surface area contributed by atoms with E-state index in [1.165, 1.54) is 0 Å². The Morgan fingerprint density at radius 1 is 1.38 bits per heavy atom. The van der Waals surface area contributed by atoms with Gasteiger partial charge in [-0.2, -0.15) is 0 Å². The van der Waals surface area contributed by atoms with Crippen LogP contribution in [0.2, 0.25) is 0 Å². The van der Waals surface area contributed by atoms with Crippen LogP contribution in [0.5, 0.6) is 0 Å². The van der Waals surface area contributed by atoms with E-state index in [1.54, 1.807) is 0 Å². The second-order valence-corrected chi connectivity index (χ2v) is 9.25. The molecule has 1 atom stereocenters. The van der Waals surface area contributed by atoms with Gasteiger partial charge in [0.2, 0.25) is 0 Å². The van der Waals surface area contributed by atoms with Crippen LogP contribution in [0.4, 0.5) is 4.79 Å². The van der Waals surface area contributed by atoms with Crippen LogP contribution < -0.4 is 5.32 Å². The van der Waals surface area contributed by atoms with Crippen molar-refractivity contribution >= 4 is 6.09 Å². The average molecular weight is 342 g/mol. The standard InChI is InChI=1S/C18H34N2O4/c1-16(2,3)24-15(22)20-10-17(4,5)7-6-14(20)8-19-9-18(11-21)12-23-13-18/h14,19,21H,6-13H2,1-5H3. The normalized spacial score (nSPS) is 25.9. The van der Waals surface area contributed by atoms with E-state index in [2.05, 4.69) is 19.2 Å². The minimum atomic E-state index is -0.485. The Labute approximate surface area is 145 Å². The zero-order valence-electron chi connectivity index (χ0n) is 15.9. The molecule has 2 saturated heterocycles. The zero-order chi connectivity index (χ0) is 18.0. The predicted octanol–water partition coefficient (Wildman–Crippen LogP) is 2.01. The molecule has 0 bridgehead atoms. The fourth-order valence-electron chi connectivity index (χ4n) is 3.27. The quantitative estimate of drug-likeness (QED) is 0.800. The number of piperidine rings is 1. The van der Waals surface area contributed by atoms with Crippen molar-refractivity contribution in [1.29, 1.82) is 0 Å². The summed E-state index contributed by atoms with van der Waals surface area (Å²) < 4.78 is 10.8. The highest BCUT2D eigenvalue weighted by molar-refractivity contribution is 5.68. The number of hydrogen-bond donors (Lipinski definition) is 2. The summed E-state index contributed by atoms with van der Waals surface area (Å²) in [5.41, 5.74) is -0.521. The van der Waals surface area contributed by atoms with Crippen LogP contribution in [0.25, 0.3) is 0 Å². The molecule has 6 nitrogen and oxygen atoms in total.